The van der Waals surface area contributed by atoms with Gasteiger partial charge >= 0.3 is 0 Å². The first-order valence-electron chi connectivity index (χ1n) is 5.01. The Kier molecular flexibility index (Phi) is 2.75. The Balaban J connectivity index is 2.38. The predicted octanol–water partition coefficient (Wildman–Crippen LogP) is 1.95. The van der Waals surface area contributed by atoms with Crippen LogP contribution in [0, 0.1) is 12.7 Å². The number of nitrogens with zero attached hydrogens (tertiary/aromatic N) is 2. The third-order valence-corrected chi connectivity index (χ3v) is 2.60. The van der Waals surface area contributed by atoms with E-state index in [9.17, 15) is 9.50 Å². The van der Waals surface area contributed by atoms with Gasteiger partial charge in [0.25, 0.3) is 0 Å². The normalized spacial score (nSPS) is 12.8. The fourth-order valence-electron chi connectivity index (χ4n) is 1.63. The van der Waals surface area contributed by atoms with Crippen LogP contribution >= 0.6 is 0 Å². The van der Waals surface area contributed by atoms with E-state index in [2.05, 4.69) is 4.98 Å². The van der Waals surface area contributed by atoms with Gasteiger partial charge in [0.1, 0.15) is 17.7 Å². The molecule has 1 N–H and O–H groups in total. The zero-order chi connectivity index (χ0) is 11.7. The molecular weight excluding hydrogens is 207 g/mol. The fraction of sp³-hybridized carbons (Fsp3) is 0.250. The van der Waals surface area contributed by atoms with Gasteiger partial charge in [-0.1, -0.05) is 12.1 Å². The second-order valence-corrected chi connectivity index (χ2v) is 3.81. The van der Waals surface area contributed by atoms with E-state index in [0.29, 0.717) is 17.0 Å². The molecule has 1 aromatic heterocycles. The minimum Gasteiger partial charge on any atom is -0.380 e. The van der Waals surface area contributed by atoms with Crippen LogP contribution in [0.2, 0.25) is 0 Å². The quantitative estimate of drug-likeness (QED) is 0.840. The molecule has 1 heterocycles. The second kappa shape index (κ2) is 4.06. The number of rotatable bonds is 2. The number of hydrogen-bond donors (Lipinski definition) is 1. The fourth-order valence-corrected chi connectivity index (χ4v) is 1.63. The summed E-state index contributed by atoms with van der Waals surface area (Å²) >= 11 is 0. The van der Waals surface area contributed by atoms with Gasteiger partial charge in [0.05, 0.1) is 0 Å². The van der Waals surface area contributed by atoms with E-state index < -0.39 is 6.10 Å². The Morgan fingerprint density at radius 2 is 2.19 bits per heavy atom. The van der Waals surface area contributed by atoms with Gasteiger partial charge in [-0.2, -0.15) is 0 Å². The van der Waals surface area contributed by atoms with E-state index >= 15 is 0 Å². The van der Waals surface area contributed by atoms with E-state index in [4.69, 9.17) is 0 Å². The first-order valence-corrected chi connectivity index (χ1v) is 5.01. The highest BCUT2D eigenvalue weighted by Gasteiger charge is 2.15. The van der Waals surface area contributed by atoms with Crippen LogP contribution in [-0.4, -0.2) is 14.7 Å². The zero-order valence-electron chi connectivity index (χ0n) is 9.18. The Labute approximate surface area is 93.2 Å². The summed E-state index contributed by atoms with van der Waals surface area (Å²) in [6, 6.07) is 4.56. The van der Waals surface area contributed by atoms with Gasteiger partial charge in [-0.05, 0) is 24.1 Å². The van der Waals surface area contributed by atoms with E-state index in [1.807, 2.05) is 7.05 Å². The lowest BCUT2D eigenvalue weighted by Crippen LogP contribution is -2.07. The zero-order valence-corrected chi connectivity index (χ0v) is 9.18. The lowest BCUT2D eigenvalue weighted by atomic mass is 10.1. The predicted molar refractivity (Wildman–Crippen MR) is 58.4 cm³/mol. The molecule has 0 saturated heterocycles. The molecule has 0 aliphatic heterocycles. The Morgan fingerprint density at radius 3 is 2.75 bits per heavy atom. The molecule has 3 nitrogen and oxygen atoms in total. The van der Waals surface area contributed by atoms with Crippen LogP contribution in [-0.2, 0) is 7.05 Å². The summed E-state index contributed by atoms with van der Waals surface area (Å²) < 4.78 is 14.8. The van der Waals surface area contributed by atoms with Crippen molar-refractivity contribution in [2.45, 2.75) is 13.0 Å². The monoisotopic (exact) mass is 220 g/mol. The van der Waals surface area contributed by atoms with Crippen molar-refractivity contribution in [1.29, 1.82) is 0 Å². The third-order valence-electron chi connectivity index (χ3n) is 2.60. The standard InChI is InChI=1S/C12H13FN2O/c1-8-7-9(3-4-10(8)13)11(16)12-14-5-6-15(12)2/h3-7,11,16H,1-2H3. The van der Waals surface area contributed by atoms with Gasteiger partial charge in [0, 0.05) is 19.4 Å². The third kappa shape index (κ3) is 1.84. The Morgan fingerprint density at radius 1 is 1.44 bits per heavy atom. The average molecular weight is 220 g/mol. The summed E-state index contributed by atoms with van der Waals surface area (Å²) in [6.45, 7) is 1.67. The minimum atomic E-state index is -0.820. The van der Waals surface area contributed by atoms with Crippen molar-refractivity contribution < 1.29 is 9.50 Å². The largest absolute Gasteiger partial charge is 0.380 e. The molecule has 0 aliphatic carbocycles. The molecule has 2 aromatic rings. The van der Waals surface area contributed by atoms with Crippen molar-refractivity contribution in [3.05, 3.63) is 53.4 Å². The maximum Gasteiger partial charge on any atom is 0.142 e. The molecule has 16 heavy (non-hydrogen) atoms. The van der Waals surface area contributed by atoms with Crippen molar-refractivity contribution in [2.75, 3.05) is 0 Å². The van der Waals surface area contributed by atoms with Crippen LogP contribution in [0.25, 0.3) is 0 Å². The first-order chi connectivity index (χ1) is 7.59. The summed E-state index contributed by atoms with van der Waals surface area (Å²) in [5, 5.41) is 10.1. The summed E-state index contributed by atoms with van der Waals surface area (Å²) in [5.41, 5.74) is 1.17. The summed E-state index contributed by atoms with van der Waals surface area (Å²) in [6.07, 6.45) is 2.56. The molecule has 0 bridgehead atoms. The van der Waals surface area contributed by atoms with Gasteiger partial charge < -0.3 is 9.67 Å². The number of imidazole rings is 1. The van der Waals surface area contributed by atoms with Gasteiger partial charge in [-0.3, -0.25) is 0 Å². The number of aromatic nitrogens is 2. The van der Waals surface area contributed by atoms with Crippen LogP contribution in [0.3, 0.4) is 0 Å². The molecule has 0 aliphatic rings. The van der Waals surface area contributed by atoms with Crippen LogP contribution in [0.15, 0.2) is 30.6 Å². The summed E-state index contributed by atoms with van der Waals surface area (Å²) in [4.78, 5) is 4.06. The molecular formula is C12H13FN2O. The Hall–Kier alpha value is -1.68. The van der Waals surface area contributed by atoms with Crippen molar-refractivity contribution in [3.8, 4) is 0 Å². The van der Waals surface area contributed by atoms with Crippen LogP contribution < -0.4 is 0 Å². The van der Waals surface area contributed by atoms with Gasteiger partial charge in [0.2, 0.25) is 0 Å². The van der Waals surface area contributed by atoms with Gasteiger partial charge in [0.15, 0.2) is 0 Å². The number of benzene rings is 1. The molecule has 0 fully saturated rings. The first kappa shape index (κ1) is 10.8. The highest BCUT2D eigenvalue weighted by molar-refractivity contribution is 5.28. The van der Waals surface area contributed by atoms with Crippen molar-refractivity contribution in [1.82, 2.24) is 9.55 Å². The van der Waals surface area contributed by atoms with E-state index in [0.717, 1.165) is 0 Å². The molecule has 1 aromatic carbocycles. The maximum atomic E-state index is 13.1. The van der Waals surface area contributed by atoms with Crippen LogP contribution in [0.5, 0.6) is 0 Å². The molecule has 1 atom stereocenters. The van der Waals surface area contributed by atoms with Gasteiger partial charge in [-0.15, -0.1) is 0 Å². The summed E-state index contributed by atoms with van der Waals surface area (Å²) in [7, 11) is 1.81. The SMILES string of the molecule is Cc1cc(C(O)c2nccn2C)ccc1F. The van der Waals surface area contributed by atoms with Crippen LogP contribution in [0.4, 0.5) is 4.39 Å². The van der Waals surface area contributed by atoms with E-state index in [-0.39, 0.29) is 5.82 Å². The Bertz CT molecular complexity index is 507. The molecule has 0 saturated carbocycles. The van der Waals surface area contributed by atoms with Gasteiger partial charge in [-0.25, -0.2) is 9.37 Å². The lowest BCUT2D eigenvalue weighted by Gasteiger charge is -2.11. The number of halogens is 1. The van der Waals surface area contributed by atoms with Crippen molar-refractivity contribution in [3.63, 3.8) is 0 Å². The van der Waals surface area contributed by atoms with E-state index in [1.165, 1.54) is 6.07 Å². The molecule has 0 radical (unpaired) electrons. The number of aliphatic hydroxyl groups is 1. The summed E-state index contributed by atoms with van der Waals surface area (Å²) in [5.74, 6) is 0.279. The highest BCUT2D eigenvalue weighted by atomic mass is 19.1. The topological polar surface area (TPSA) is 38.1 Å². The maximum absolute atomic E-state index is 13.1. The molecule has 2 rings (SSSR count). The lowest BCUT2D eigenvalue weighted by molar-refractivity contribution is 0.206. The van der Waals surface area contributed by atoms with Crippen molar-refractivity contribution >= 4 is 0 Å². The highest BCUT2D eigenvalue weighted by Crippen LogP contribution is 2.21. The van der Waals surface area contributed by atoms with Crippen molar-refractivity contribution in [2.24, 2.45) is 7.05 Å². The number of aliphatic hydroxyl groups excluding tert-OH is 1. The average Bonchev–Trinajstić information content (AvgIpc) is 2.67. The van der Waals surface area contributed by atoms with E-state index in [1.54, 1.807) is 36.0 Å². The molecule has 1 unspecified atom stereocenters. The van der Waals surface area contributed by atoms with Crippen LogP contribution in [0.1, 0.15) is 23.1 Å². The molecule has 4 heteroatoms. The number of aryl methyl sites for hydroxylation is 2. The molecule has 0 spiro atoms. The smallest absolute Gasteiger partial charge is 0.142 e. The molecule has 84 valence electrons. The molecule has 0 amide bonds. The second-order valence-electron chi connectivity index (χ2n) is 3.81. The minimum absolute atomic E-state index is 0.268. The number of hydrogen-bond acceptors (Lipinski definition) is 2.